The Morgan fingerprint density at radius 3 is 2.21 bits per heavy atom. The van der Waals surface area contributed by atoms with Crippen molar-refractivity contribution >= 4 is 0 Å². The minimum Gasteiger partial charge on any atom is -0.462 e. The largest absolute Gasteiger partial charge is 0.462 e. The second-order valence-corrected chi connectivity index (χ2v) is 3.88. The Kier molecular flexibility index (Phi) is 2.46. The van der Waals surface area contributed by atoms with Crippen LogP contribution in [0.5, 0.6) is 5.75 Å². The minimum absolute atomic E-state index is 0.338. The van der Waals surface area contributed by atoms with Crippen LogP contribution in [0.15, 0.2) is 24.3 Å². The van der Waals surface area contributed by atoms with Gasteiger partial charge in [0.2, 0.25) is 5.79 Å². The number of ether oxygens (including phenoxy) is 2. The first-order valence-electron chi connectivity index (χ1n) is 5.05. The lowest BCUT2D eigenvalue weighted by Crippen LogP contribution is -2.44. The van der Waals surface area contributed by atoms with E-state index in [4.69, 9.17) is 9.47 Å². The molecule has 1 aromatic rings. The highest BCUT2D eigenvalue weighted by molar-refractivity contribution is 5.27. The van der Waals surface area contributed by atoms with E-state index in [-0.39, 0.29) is 5.79 Å². The average Bonchev–Trinajstić information content (AvgIpc) is 2.15. The Morgan fingerprint density at radius 1 is 1.14 bits per heavy atom. The molecule has 1 aromatic carbocycles. The maximum Gasteiger partial charge on any atom is 0.210 e. The third-order valence-corrected chi connectivity index (χ3v) is 2.81. The summed E-state index contributed by atoms with van der Waals surface area (Å²) in [6.07, 6.45) is 3.19. The molecule has 2 heteroatoms. The van der Waals surface area contributed by atoms with Gasteiger partial charge in [-0.25, -0.2) is 0 Å². The summed E-state index contributed by atoms with van der Waals surface area (Å²) >= 11 is 0. The monoisotopic (exact) mass is 192 g/mol. The van der Waals surface area contributed by atoms with E-state index in [1.165, 1.54) is 12.0 Å². The number of rotatable bonds is 3. The zero-order valence-electron chi connectivity index (χ0n) is 8.75. The fourth-order valence-electron chi connectivity index (χ4n) is 1.63. The number of hydrogen-bond acceptors (Lipinski definition) is 2. The van der Waals surface area contributed by atoms with E-state index in [2.05, 4.69) is 19.1 Å². The topological polar surface area (TPSA) is 18.5 Å². The van der Waals surface area contributed by atoms with Crippen molar-refractivity contribution in [2.45, 2.75) is 32.0 Å². The number of hydrogen-bond donors (Lipinski definition) is 0. The van der Waals surface area contributed by atoms with Crippen LogP contribution in [0.1, 0.15) is 24.8 Å². The molecular formula is C12H16O2. The van der Waals surface area contributed by atoms with Crippen molar-refractivity contribution in [3.05, 3.63) is 29.8 Å². The Morgan fingerprint density at radius 2 is 1.79 bits per heavy atom. The lowest BCUT2D eigenvalue weighted by Gasteiger charge is -2.40. The summed E-state index contributed by atoms with van der Waals surface area (Å²) in [5, 5.41) is 0. The Hall–Kier alpha value is -1.02. The maximum atomic E-state index is 5.82. The zero-order chi connectivity index (χ0) is 10.0. The van der Waals surface area contributed by atoms with Crippen molar-refractivity contribution in [3.8, 4) is 5.75 Å². The van der Waals surface area contributed by atoms with Gasteiger partial charge in [0.15, 0.2) is 0 Å². The maximum absolute atomic E-state index is 5.82. The molecule has 0 N–H and O–H groups in total. The molecule has 2 nitrogen and oxygen atoms in total. The summed E-state index contributed by atoms with van der Waals surface area (Å²) in [6, 6.07) is 8.09. The lowest BCUT2D eigenvalue weighted by molar-refractivity contribution is -0.211. The molecule has 0 aromatic heterocycles. The molecule has 0 spiro atoms. The summed E-state index contributed by atoms with van der Waals surface area (Å²) in [6.45, 7) is 2.07. The second-order valence-electron chi connectivity index (χ2n) is 3.88. The van der Waals surface area contributed by atoms with Gasteiger partial charge in [-0.2, -0.15) is 0 Å². The van der Waals surface area contributed by atoms with Crippen LogP contribution in [0.3, 0.4) is 0 Å². The molecule has 0 radical (unpaired) electrons. The SMILES string of the molecule is COC1(Oc2ccc(C)cc2)CCC1. The van der Waals surface area contributed by atoms with Gasteiger partial charge in [-0.1, -0.05) is 17.7 Å². The molecule has 1 aliphatic rings. The Balaban J connectivity index is 2.06. The molecule has 0 bridgehead atoms. The molecule has 0 aliphatic heterocycles. The van der Waals surface area contributed by atoms with Gasteiger partial charge in [0.05, 0.1) is 0 Å². The van der Waals surface area contributed by atoms with Gasteiger partial charge in [-0.05, 0) is 25.5 Å². The first-order chi connectivity index (χ1) is 6.74. The quantitative estimate of drug-likeness (QED) is 0.685. The van der Waals surface area contributed by atoms with E-state index < -0.39 is 0 Å². The summed E-state index contributed by atoms with van der Waals surface area (Å²) < 4.78 is 11.2. The van der Waals surface area contributed by atoms with Crippen LogP contribution in [0.25, 0.3) is 0 Å². The molecule has 0 saturated heterocycles. The standard InChI is InChI=1S/C12H16O2/c1-10-4-6-11(7-5-10)14-12(13-2)8-3-9-12/h4-7H,3,8-9H2,1-2H3. The molecule has 1 fully saturated rings. The van der Waals surface area contributed by atoms with Gasteiger partial charge in [0.1, 0.15) is 5.75 Å². The van der Waals surface area contributed by atoms with E-state index >= 15 is 0 Å². The number of methoxy groups -OCH3 is 1. The van der Waals surface area contributed by atoms with Crippen LogP contribution < -0.4 is 4.74 Å². The predicted octanol–water partition coefficient (Wildman–Crippen LogP) is 2.90. The van der Waals surface area contributed by atoms with Crippen molar-refractivity contribution in [2.24, 2.45) is 0 Å². The highest BCUT2D eigenvalue weighted by Crippen LogP contribution is 2.36. The smallest absolute Gasteiger partial charge is 0.210 e. The fourth-order valence-corrected chi connectivity index (χ4v) is 1.63. The molecule has 0 amide bonds. The normalized spacial score (nSPS) is 18.7. The highest BCUT2D eigenvalue weighted by Gasteiger charge is 2.39. The van der Waals surface area contributed by atoms with Crippen molar-refractivity contribution in [1.82, 2.24) is 0 Å². The molecule has 1 aliphatic carbocycles. The van der Waals surface area contributed by atoms with Crippen LogP contribution >= 0.6 is 0 Å². The van der Waals surface area contributed by atoms with Crippen molar-refractivity contribution < 1.29 is 9.47 Å². The fraction of sp³-hybridized carbons (Fsp3) is 0.500. The summed E-state index contributed by atoms with van der Waals surface area (Å²) in [5.74, 6) is 0.562. The van der Waals surface area contributed by atoms with Crippen LogP contribution in [-0.4, -0.2) is 12.9 Å². The first kappa shape index (κ1) is 9.53. The third-order valence-electron chi connectivity index (χ3n) is 2.81. The lowest BCUT2D eigenvalue weighted by atomic mass is 9.91. The molecule has 2 rings (SSSR count). The average molecular weight is 192 g/mol. The van der Waals surface area contributed by atoms with Crippen molar-refractivity contribution in [2.75, 3.05) is 7.11 Å². The van der Waals surface area contributed by atoms with Gasteiger partial charge in [0, 0.05) is 20.0 Å². The Bertz CT molecular complexity index is 293. The third kappa shape index (κ3) is 1.75. The van der Waals surface area contributed by atoms with E-state index in [0.29, 0.717) is 0 Å². The van der Waals surface area contributed by atoms with Crippen molar-refractivity contribution in [1.29, 1.82) is 0 Å². The molecule has 14 heavy (non-hydrogen) atoms. The van der Waals surface area contributed by atoms with Gasteiger partial charge in [0.25, 0.3) is 0 Å². The van der Waals surface area contributed by atoms with E-state index in [0.717, 1.165) is 18.6 Å². The van der Waals surface area contributed by atoms with Crippen LogP contribution in [0, 0.1) is 6.92 Å². The molecule has 0 heterocycles. The second kappa shape index (κ2) is 3.62. The Labute approximate surface area is 84.8 Å². The summed E-state index contributed by atoms with van der Waals surface area (Å²) in [4.78, 5) is 0. The first-order valence-corrected chi connectivity index (χ1v) is 5.05. The zero-order valence-corrected chi connectivity index (χ0v) is 8.75. The number of aryl methyl sites for hydroxylation is 1. The molecule has 76 valence electrons. The van der Waals surface area contributed by atoms with E-state index in [1.54, 1.807) is 7.11 Å². The van der Waals surface area contributed by atoms with Crippen molar-refractivity contribution in [3.63, 3.8) is 0 Å². The highest BCUT2D eigenvalue weighted by atomic mass is 16.7. The molecule has 0 unspecified atom stereocenters. The molecule has 0 atom stereocenters. The number of benzene rings is 1. The molecular weight excluding hydrogens is 176 g/mol. The van der Waals surface area contributed by atoms with Crippen LogP contribution in [-0.2, 0) is 4.74 Å². The summed E-state index contributed by atoms with van der Waals surface area (Å²) in [7, 11) is 1.72. The minimum atomic E-state index is -0.338. The van der Waals surface area contributed by atoms with Gasteiger partial charge >= 0.3 is 0 Å². The van der Waals surface area contributed by atoms with E-state index in [1.807, 2.05) is 12.1 Å². The molecule has 1 saturated carbocycles. The van der Waals surface area contributed by atoms with E-state index in [9.17, 15) is 0 Å². The van der Waals surface area contributed by atoms with Crippen LogP contribution in [0.4, 0.5) is 0 Å². The predicted molar refractivity (Wildman–Crippen MR) is 55.4 cm³/mol. The van der Waals surface area contributed by atoms with Gasteiger partial charge in [-0.3, -0.25) is 0 Å². The summed E-state index contributed by atoms with van der Waals surface area (Å²) in [5.41, 5.74) is 1.25. The van der Waals surface area contributed by atoms with Gasteiger partial charge < -0.3 is 9.47 Å². The van der Waals surface area contributed by atoms with Crippen LogP contribution in [0.2, 0.25) is 0 Å². The van der Waals surface area contributed by atoms with Gasteiger partial charge in [-0.15, -0.1) is 0 Å².